The predicted molar refractivity (Wildman–Crippen MR) is 161 cm³/mol. The topological polar surface area (TPSA) is 90.4 Å². The van der Waals surface area contributed by atoms with Crippen molar-refractivity contribution in [2.24, 2.45) is 0 Å². The monoisotopic (exact) mass is 583 g/mol. The van der Waals surface area contributed by atoms with Gasteiger partial charge in [0.2, 0.25) is 0 Å². The van der Waals surface area contributed by atoms with Gasteiger partial charge in [0.25, 0.3) is 0 Å². The summed E-state index contributed by atoms with van der Waals surface area (Å²) in [7, 11) is 1.67. The van der Waals surface area contributed by atoms with Crippen molar-refractivity contribution in [2.75, 3.05) is 20.3 Å². The van der Waals surface area contributed by atoms with Gasteiger partial charge in [-0.25, -0.2) is 4.39 Å². The first-order chi connectivity index (χ1) is 20.5. The number of carbonyl (C=O) groups excluding carboxylic acids is 2. The number of nitrogens with zero attached hydrogens (tertiary/aromatic N) is 2. The van der Waals surface area contributed by atoms with E-state index in [1.54, 1.807) is 25.4 Å². The van der Waals surface area contributed by atoms with Crippen molar-refractivity contribution in [3.8, 4) is 22.1 Å². The largest absolute Gasteiger partial charge is 0.453 e. The number of carbonyl (C=O) groups is 2. The molecule has 1 N–H and O–H groups in total. The Hall–Kier alpha value is -4.31. The highest BCUT2D eigenvalue weighted by Crippen LogP contribution is 2.39. The first-order valence-corrected chi connectivity index (χ1v) is 14.4. The standard InChI is InChI=1S/C33H30FN3O4S/c1-40-14-13-35-20-24-7-9-28(37-21-24)32-19-29-33(42-32)31(11-12-36-29)41-30-10-8-23(17-27(30)34)16-26(39)18-25(38)15-22-5-3-2-4-6-22/h2-12,17,19,21,35H,13-16,18,20H2,1H3. The maximum atomic E-state index is 15.0. The van der Waals surface area contributed by atoms with Crippen LogP contribution in [0.15, 0.2) is 85.2 Å². The van der Waals surface area contributed by atoms with Crippen LogP contribution in [0.2, 0.25) is 0 Å². The Morgan fingerprint density at radius 1 is 0.881 bits per heavy atom. The van der Waals surface area contributed by atoms with Crippen LogP contribution >= 0.6 is 11.3 Å². The number of Topliss-reactive ketones (excluding diaryl/α,β-unsaturated/α-hetero) is 2. The van der Waals surface area contributed by atoms with E-state index in [2.05, 4.69) is 15.3 Å². The number of ether oxygens (including phenoxy) is 2. The Labute approximate surface area is 247 Å². The number of ketones is 2. The van der Waals surface area contributed by atoms with Crippen LogP contribution in [0.4, 0.5) is 4.39 Å². The van der Waals surface area contributed by atoms with Crippen LogP contribution < -0.4 is 10.1 Å². The van der Waals surface area contributed by atoms with E-state index >= 15 is 4.39 Å². The lowest BCUT2D eigenvalue weighted by molar-refractivity contribution is -0.126. The maximum Gasteiger partial charge on any atom is 0.166 e. The highest BCUT2D eigenvalue weighted by molar-refractivity contribution is 7.22. The second kappa shape index (κ2) is 14.0. The van der Waals surface area contributed by atoms with Crippen molar-refractivity contribution >= 4 is 33.1 Å². The van der Waals surface area contributed by atoms with Crippen LogP contribution in [0.25, 0.3) is 20.8 Å². The molecule has 42 heavy (non-hydrogen) atoms. The van der Waals surface area contributed by atoms with E-state index in [9.17, 15) is 9.59 Å². The lowest BCUT2D eigenvalue weighted by Crippen LogP contribution is -2.18. The fourth-order valence-electron chi connectivity index (χ4n) is 4.45. The van der Waals surface area contributed by atoms with E-state index in [0.29, 0.717) is 24.5 Å². The highest BCUT2D eigenvalue weighted by atomic mass is 32.1. The molecular formula is C33H30FN3O4S. The van der Waals surface area contributed by atoms with Gasteiger partial charge in [0, 0.05) is 51.5 Å². The molecule has 2 aromatic carbocycles. The van der Waals surface area contributed by atoms with Gasteiger partial charge in [-0.2, -0.15) is 0 Å². The Bertz CT molecular complexity index is 1670. The minimum absolute atomic E-state index is 0.0273. The second-order valence-corrected chi connectivity index (χ2v) is 10.9. The SMILES string of the molecule is COCCNCc1ccc(-c2cc3nccc(Oc4ccc(CC(=O)CC(=O)Cc5ccccc5)cc4F)c3s2)nc1. The van der Waals surface area contributed by atoms with E-state index in [1.165, 1.54) is 23.5 Å². The zero-order valence-electron chi connectivity index (χ0n) is 23.1. The molecule has 0 amide bonds. The smallest absolute Gasteiger partial charge is 0.166 e. The van der Waals surface area contributed by atoms with E-state index in [0.717, 1.165) is 38.5 Å². The second-order valence-electron chi connectivity index (χ2n) is 9.82. The lowest BCUT2D eigenvalue weighted by atomic mass is 10.0. The van der Waals surface area contributed by atoms with Gasteiger partial charge in [-0.1, -0.05) is 42.5 Å². The molecule has 0 saturated heterocycles. The fraction of sp³-hybridized carbons (Fsp3) is 0.212. The average Bonchev–Trinajstić information content (AvgIpc) is 3.43. The van der Waals surface area contributed by atoms with Crippen LogP contribution in [-0.2, 0) is 33.7 Å². The van der Waals surface area contributed by atoms with Gasteiger partial charge >= 0.3 is 0 Å². The summed E-state index contributed by atoms with van der Waals surface area (Å²) in [5.74, 6) is -0.490. The predicted octanol–water partition coefficient (Wildman–Crippen LogP) is 6.34. The van der Waals surface area contributed by atoms with Gasteiger partial charge in [0.05, 0.1) is 33.8 Å². The number of rotatable bonds is 14. The zero-order valence-corrected chi connectivity index (χ0v) is 24.0. The fourth-order valence-corrected chi connectivity index (χ4v) is 5.50. The number of halogens is 1. The number of hydrogen-bond acceptors (Lipinski definition) is 8. The summed E-state index contributed by atoms with van der Waals surface area (Å²) in [6.45, 7) is 2.12. The molecule has 0 aliphatic heterocycles. The van der Waals surface area contributed by atoms with E-state index in [-0.39, 0.29) is 36.6 Å². The number of methoxy groups -OCH3 is 1. The quantitative estimate of drug-likeness (QED) is 0.121. The average molecular weight is 584 g/mol. The van der Waals surface area contributed by atoms with Crippen LogP contribution in [-0.4, -0.2) is 41.8 Å². The Kier molecular flexibility index (Phi) is 9.76. The minimum Gasteiger partial charge on any atom is -0.453 e. The van der Waals surface area contributed by atoms with Crippen LogP contribution in [0.5, 0.6) is 11.5 Å². The third kappa shape index (κ3) is 7.70. The third-order valence-corrected chi connectivity index (χ3v) is 7.68. The first-order valence-electron chi connectivity index (χ1n) is 13.6. The van der Waals surface area contributed by atoms with E-state index in [1.807, 2.05) is 54.7 Å². The Morgan fingerprint density at radius 2 is 1.67 bits per heavy atom. The molecule has 0 bridgehead atoms. The summed E-state index contributed by atoms with van der Waals surface area (Å²) in [6.07, 6.45) is 3.44. The molecule has 9 heteroatoms. The summed E-state index contributed by atoms with van der Waals surface area (Å²) < 4.78 is 26.8. The molecule has 5 rings (SSSR count). The number of aromatic nitrogens is 2. The van der Waals surface area contributed by atoms with Crippen molar-refractivity contribution in [2.45, 2.75) is 25.8 Å². The number of thiophene rings is 1. The van der Waals surface area contributed by atoms with E-state index in [4.69, 9.17) is 9.47 Å². The molecule has 0 saturated carbocycles. The third-order valence-electron chi connectivity index (χ3n) is 6.52. The number of fused-ring (bicyclic) bond motifs is 1. The Morgan fingerprint density at radius 3 is 2.40 bits per heavy atom. The molecule has 3 aromatic heterocycles. The minimum atomic E-state index is -0.589. The number of pyridine rings is 2. The van der Waals surface area contributed by atoms with Gasteiger partial charge in [-0.15, -0.1) is 11.3 Å². The molecule has 0 aliphatic carbocycles. The molecule has 3 heterocycles. The van der Waals surface area contributed by atoms with Crippen molar-refractivity contribution < 1.29 is 23.5 Å². The molecule has 0 atom stereocenters. The number of hydrogen-bond donors (Lipinski definition) is 1. The first kappa shape index (κ1) is 29.2. The van der Waals surface area contributed by atoms with Gasteiger partial charge in [-0.05, 0) is 41.0 Å². The summed E-state index contributed by atoms with van der Waals surface area (Å²) in [5, 5.41) is 3.30. The molecule has 0 aliphatic rings. The number of nitrogens with one attached hydrogen (secondary N) is 1. The number of benzene rings is 2. The molecule has 0 spiro atoms. The normalized spacial score (nSPS) is 11.1. The lowest BCUT2D eigenvalue weighted by Gasteiger charge is -2.09. The van der Waals surface area contributed by atoms with Crippen molar-refractivity contribution in [3.05, 3.63) is 108 Å². The van der Waals surface area contributed by atoms with Crippen molar-refractivity contribution in [3.63, 3.8) is 0 Å². The van der Waals surface area contributed by atoms with Crippen molar-refractivity contribution in [1.29, 1.82) is 0 Å². The molecular weight excluding hydrogens is 553 g/mol. The summed E-state index contributed by atoms with van der Waals surface area (Å²) >= 11 is 1.47. The van der Waals surface area contributed by atoms with Gasteiger partial charge in [-0.3, -0.25) is 19.6 Å². The van der Waals surface area contributed by atoms with Crippen LogP contribution in [0.1, 0.15) is 23.1 Å². The molecule has 5 aromatic rings. The molecule has 214 valence electrons. The van der Waals surface area contributed by atoms with Gasteiger partial charge in [0.15, 0.2) is 11.6 Å². The molecule has 0 radical (unpaired) electrons. The van der Waals surface area contributed by atoms with Crippen molar-refractivity contribution in [1.82, 2.24) is 15.3 Å². The molecule has 0 unspecified atom stereocenters. The summed E-state index contributed by atoms with van der Waals surface area (Å²) in [5.41, 5.74) is 3.95. The van der Waals surface area contributed by atoms with Crippen LogP contribution in [0, 0.1) is 5.82 Å². The van der Waals surface area contributed by atoms with E-state index < -0.39 is 5.82 Å². The molecule has 7 nitrogen and oxygen atoms in total. The van der Waals surface area contributed by atoms with Crippen LogP contribution in [0.3, 0.4) is 0 Å². The Balaban J connectivity index is 1.23. The highest BCUT2D eigenvalue weighted by Gasteiger charge is 2.16. The van der Waals surface area contributed by atoms with Gasteiger partial charge < -0.3 is 14.8 Å². The maximum absolute atomic E-state index is 15.0. The van der Waals surface area contributed by atoms with Gasteiger partial charge in [0.1, 0.15) is 17.3 Å². The zero-order chi connectivity index (χ0) is 29.3. The summed E-state index contributed by atoms with van der Waals surface area (Å²) in [6, 6.07) is 21.3. The molecule has 0 fully saturated rings. The summed E-state index contributed by atoms with van der Waals surface area (Å²) in [4.78, 5) is 34.7.